The van der Waals surface area contributed by atoms with Crippen molar-refractivity contribution in [2.75, 3.05) is 31.7 Å². The zero-order valence-electron chi connectivity index (χ0n) is 10.0. The second-order valence-corrected chi connectivity index (χ2v) is 4.37. The maximum atomic E-state index is 10.5. The fourth-order valence-electron chi connectivity index (χ4n) is 1.99. The Kier molecular flexibility index (Phi) is 4.03. The van der Waals surface area contributed by atoms with E-state index in [1.807, 2.05) is 11.9 Å². The van der Waals surface area contributed by atoms with Crippen LogP contribution in [0.5, 0.6) is 0 Å². The summed E-state index contributed by atoms with van der Waals surface area (Å²) in [7, 11) is 1.98. The average molecular weight is 235 g/mol. The number of carbonyl (C=O) groups is 1. The Hall–Kier alpha value is -1.49. The fourth-order valence-corrected chi connectivity index (χ4v) is 1.99. The molecule has 17 heavy (non-hydrogen) atoms. The standard InChI is InChI=1S/C12H17N3O2/c1-15(8-10-2-4-17-5-3-10)12-13-6-11(9-16)7-14-12/h6-7,9-10H,2-5,8H2,1H3. The highest BCUT2D eigenvalue weighted by Gasteiger charge is 2.16. The van der Waals surface area contributed by atoms with E-state index in [2.05, 4.69) is 9.97 Å². The lowest BCUT2D eigenvalue weighted by Gasteiger charge is -2.27. The van der Waals surface area contributed by atoms with Crippen molar-refractivity contribution in [2.24, 2.45) is 5.92 Å². The molecule has 0 aliphatic carbocycles. The van der Waals surface area contributed by atoms with Gasteiger partial charge in [0.2, 0.25) is 5.95 Å². The van der Waals surface area contributed by atoms with Gasteiger partial charge in [-0.2, -0.15) is 0 Å². The summed E-state index contributed by atoms with van der Waals surface area (Å²) in [5, 5.41) is 0. The van der Waals surface area contributed by atoms with Gasteiger partial charge in [0.05, 0.1) is 5.56 Å². The molecule has 0 aromatic carbocycles. The van der Waals surface area contributed by atoms with Crippen molar-refractivity contribution in [1.29, 1.82) is 0 Å². The summed E-state index contributed by atoms with van der Waals surface area (Å²) in [5.41, 5.74) is 0.508. The molecule has 0 atom stereocenters. The van der Waals surface area contributed by atoms with Gasteiger partial charge < -0.3 is 9.64 Å². The molecule has 1 saturated heterocycles. The fraction of sp³-hybridized carbons (Fsp3) is 0.583. The van der Waals surface area contributed by atoms with Crippen LogP contribution in [0, 0.1) is 5.92 Å². The lowest BCUT2D eigenvalue weighted by molar-refractivity contribution is 0.0684. The molecule has 2 rings (SSSR count). The minimum atomic E-state index is 0.508. The molecule has 5 heteroatoms. The molecule has 0 unspecified atom stereocenters. The van der Waals surface area contributed by atoms with Crippen LogP contribution in [0.2, 0.25) is 0 Å². The Labute approximate surface area is 101 Å². The monoisotopic (exact) mass is 235 g/mol. The van der Waals surface area contributed by atoms with Crippen LogP contribution < -0.4 is 4.90 Å². The molecule has 0 spiro atoms. The zero-order valence-corrected chi connectivity index (χ0v) is 10.0. The Balaban J connectivity index is 1.93. The molecule has 0 saturated carbocycles. The SMILES string of the molecule is CN(CC1CCOCC1)c1ncc(C=O)cn1. The number of hydrogen-bond donors (Lipinski definition) is 0. The van der Waals surface area contributed by atoms with E-state index in [-0.39, 0.29) is 0 Å². The second-order valence-electron chi connectivity index (χ2n) is 4.37. The van der Waals surface area contributed by atoms with E-state index in [1.54, 1.807) is 12.4 Å². The number of aromatic nitrogens is 2. The summed E-state index contributed by atoms with van der Waals surface area (Å²) in [4.78, 5) is 20.9. The molecule has 0 N–H and O–H groups in total. The quantitative estimate of drug-likeness (QED) is 0.733. The van der Waals surface area contributed by atoms with Crippen molar-refractivity contribution >= 4 is 12.2 Å². The van der Waals surface area contributed by atoms with Gasteiger partial charge in [-0.15, -0.1) is 0 Å². The van der Waals surface area contributed by atoms with E-state index in [1.165, 1.54) is 0 Å². The van der Waals surface area contributed by atoms with E-state index in [4.69, 9.17) is 4.74 Å². The van der Waals surface area contributed by atoms with E-state index >= 15 is 0 Å². The molecule has 0 radical (unpaired) electrons. The first-order chi connectivity index (χ1) is 8.29. The smallest absolute Gasteiger partial charge is 0.225 e. The van der Waals surface area contributed by atoms with Gasteiger partial charge in [0, 0.05) is 39.2 Å². The Morgan fingerprint density at radius 1 is 1.41 bits per heavy atom. The van der Waals surface area contributed by atoms with Crippen molar-refractivity contribution in [1.82, 2.24) is 9.97 Å². The Bertz CT molecular complexity index is 361. The molecule has 1 aromatic heterocycles. The molecule has 92 valence electrons. The van der Waals surface area contributed by atoms with E-state index in [0.717, 1.165) is 38.9 Å². The van der Waals surface area contributed by atoms with Crippen LogP contribution in [-0.2, 0) is 4.74 Å². The third-order valence-corrected chi connectivity index (χ3v) is 3.01. The molecule has 1 fully saturated rings. The number of anilines is 1. The minimum absolute atomic E-state index is 0.508. The summed E-state index contributed by atoms with van der Waals surface area (Å²) < 4.78 is 5.33. The molecule has 0 bridgehead atoms. The van der Waals surface area contributed by atoms with Crippen LogP contribution in [0.3, 0.4) is 0 Å². The summed E-state index contributed by atoms with van der Waals surface area (Å²) in [6.07, 6.45) is 6.04. The normalized spacial score (nSPS) is 16.8. The van der Waals surface area contributed by atoms with Gasteiger partial charge in [0.15, 0.2) is 6.29 Å². The molecule has 0 amide bonds. The zero-order chi connectivity index (χ0) is 12.1. The molecular weight excluding hydrogens is 218 g/mol. The summed E-state index contributed by atoms with van der Waals surface area (Å²) in [6.45, 7) is 2.64. The first-order valence-electron chi connectivity index (χ1n) is 5.85. The van der Waals surface area contributed by atoms with Crippen LogP contribution >= 0.6 is 0 Å². The Morgan fingerprint density at radius 3 is 2.65 bits per heavy atom. The topological polar surface area (TPSA) is 55.3 Å². The summed E-state index contributed by atoms with van der Waals surface area (Å²) in [5.74, 6) is 1.31. The molecule has 1 aliphatic heterocycles. The van der Waals surface area contributed by atoms with Crippen LogP contribution in [0.15, 0.2) is 12.4 Å². The van der Waals surface area contributed by atoms with Crippen molar-refractivity contribution in [3.8, 4) is 0 Å². The van der Waals surface area contributed by atoms with Gasteiger partial charge in [0.25, 0.3) is 0 Å². The highest BCUT2D eigenvalue weighted by atomic mass is 16.5. The predicted octanol–water partition coefficient (Wildman–Crippen LogP) is 1.15. The predicted molar refractivity (Wildman–Crippen MR) is 64.2 cm³/mol. The first-order valence-corrected chi connectivity index (χ1v) is 5.85. The van der Waals surface area contributed by atoms with Gasteiger partial charge in [0.1, 0.15) is 0 Å². The summed E-state index contributed by atoms with van der Waals surface area (Å²) >= 11 is 0. The molecule has 2 heterocycles. The van der Waals surface area contributed by atoms with E-state index in [0.29, 0.717) is 17.4 Å². The van der Waals surface area contributed by atoms with Crippen molar-refractivity contribution in [2.45, 2.75) is 12.8 Å². The van der Waals surface area contributed by atoms with Crippen molar-refractivity contribution in [3.63, 3.8) is 0 Å². The van der Waals surface area contributed by atoms with Crippen molar-refractivity contribution < 1.29 is 9.53 Å². The number of ether oxygens (including phenoxy) is 1. The van der Waals surface area contributed by atoms with Crippen molar-refractivity contribution in [3.05, 3.63) is 18.0 Å². The van der Waals surface area contributed by atoms with Crippen LogP contribution in [0.25, 0.3) is 0 Å². The molecule has 5 nitrogen and oxygen atoms in total. The lowest BCUT2D eigenvalue weighted by Crippen LogP contribution is -2.30. The highest BCUT2D eigenvalue weighted by molar-refractivity contribution is 5.73. The third kappa shape index (κ3) is 3.23. The Morgan fingerprint density at radius 2 is 2.06 bits per heavy atom. The van der Waals surface area contributed by atoms with Gasteiger partial charge in [-0.05, 0) is 18.8 Å². The lowest BCUT2D eigenvalue weighted by atomic mass is 10.0. The number of carbonyl (C=O) groups excluding carboxylic acids is 1. The maximum Gasteiger partial charge on any atom is 0.225 e. The van der Waals surface area contributed by atoms with E-state index in [9.17, 15) is 4.79 Å². The number of aldehydes is 1. The maximum absolute atomic E-state index is 10.5. The highest BCUT2D eigenvalue weighted by Crippen LogP contribution is 2.17. The average Bonchev–Trinajstić information content (AvgIpc) is 2.40. The van der Waals surface area contributed by atoms with Gasteiger partial charge in [-0.25, -0.2) is 9.97 Å². The molecule has 1 aliphatic rings. The summed E-state index contributed by atoms with van der Waals surface area (Å²) in [6, 6.07) is 0. The number of nitrogens with zero attached hydrogens (tertiary/aromatic N) is 3. The largest absolute Gasteiger partial charge is 0.381 e. The van der Waals surface area contributed by atoms with Gasteiger partial charge in [-0.1, -0.05) is 0 Å². The van der Waals surface area contributed by atoms with Gasteiger partial charge >= 0.3 is 0 Å². The molecular formula is C12H17N3O2. The molecule has 1 aromatic rings. The third-order valence-electron chi connectivity index (χ3n) is 3.01. The van der Waals surface area contributed by atoms with Crippen LogP contribution in [0.1, 0.15) is 23.2 Å². The first kappa shape index (κ1) is 12.0. The number of hydrogen-bond acceptors (Lipinski definition) is 5. The van der Waals surface area contributed by atoms with Crippen LogP contribution in [0.4, 0.5) is 5.95 Å². The van der Waals surface area contributed by atoms with Gasteiger partial charge in [-0.3, -0.25) is 4.79 Å². The minimum Gasteiger partial charge on any atom is -0.381 e. The number of rotatable bonds is 4. The van der Waals surface area contributed by atoms with Crippen LogP contribution in [-0.4, -0.2) is 43.1 Å². The second kappa shape index (κ2) is 5.72. The van der Waals surface area contributed by atoms with E-state index < -0.39 is 0 Å².